The molecule has 0 spiro atoms. The molecule has 0 unspecified atom stereocenters. The van der Waals surface area contributed by atoms with Crippen LogP contribution in [0.5, 0.6) is 0 Å². The summed E-state index contributed by atoms with van der Waals surface area (Å²) in [5, 5.41) is 9.48. The van der Waals surface area contributed by atoms with E-state index in [1.807, 2.05) is 19.0 Å². The highest BCUT2D eigenvalue weighted by Gasteiger charge is 2.11. The van der Waals surface area contributed by atoms with Gasteiger partial charge >= 0.3 is 6.92 Å². The minimum Gasteiger partial charge on any atom is -0.447 e. The maximum atomic E-state index is 9.48. The maximum absolute atomic E-state index is 9.48. The van der Waals surface area contributed by atoms with Crippen molar-refractivity contribution < 1.29 is 5.02 Å². The van der Waals surface area contributed by atoms with Gasteiger partial charge in [0.1, 0.15) is 0 Å². The zero-order chi connectivity index (χ0) is 11.5. The fourth-order valence-electron chi connectivity index (χ4n) is 1.53. The number of hydrogen-bond donors (Lipinski definition) is 1. The third-order valence-corrected chi connectivity index (χ3v) is 2.60. The molecule has 1 N–H and O–H groups in total. The standard InChI is InChI=1S/C13H21BO/c1-13(2,3)9-8-11-6-5-7-12(10-11)14(4)15/h5-7,10,15H,8-9H2,1-4H3. The largest absolute Gasteiger partial charge is 0.447 e. The first kappa shape index (κ1) is 12.3. The lowest BCUT2D eigenvalue weighted by Crippen LogP contribution is -2.26. The van der Waals surface area contributed by atoms with Gasteiger partial charge in [-0.3, -0.25) is 0 Å². The van der Waals surface area contributed by atoms with Crippen LogP contribution in [0.25, 0.3) is 0 Å². The number of hydrogen-bond acceptors (Lipinski definition) is 1. The molecule has 1 nitrogen and oxygen atoms in total. The molecular weight excluding hydrogens is 183 g/mol. The molecule has 1 aromatic carbocycles. The Balaban J connectivity index is 2.66. The second-order valence-corrected chi connectivity index (χ2v) is 5.48. The van der Waals surface area contributed by atoms with Crippen LogP contribution in [0.4, 0.5) is 0 Å². The fourth-order valence-corrected chi connectivity index (χ4v) is 1.53. The molecule has 1 rings (SSSR count). The van der Waals surface area contributed by atoms with Crippen LogP contribution in [0.3, 0.4) is 0 Å². The van der Waals surface area contributed by atoms with E-state index in [0.717, 1.165) is 11.9 Å². The minimum absolute atomic E-state index is 0.361. The van der Waals surface area contributed by atoms with E-state index in [-0.39, 0.29) is 6.92 Å². The molecule has 0 atom stereocenters. The molecule has 0 heterocycles. The summed E-state index contributed by atoms with van der Waals surface area (Å²) < 4.78 is 0. The van der Waals surface area contributed by atoms with Crippen LogP contribution in [0.1, 0.15) is 32.8 Å². The first-order valence-electron chi connectivity index (χ1n) is 5.65. The van der Waals surface area contributed by atoms with Crippen molar-refractivity contribution in [2.45, 2.75) is 40.4 Å². The molecule has 0 bridgehead atoms. The molecule has 2 heteroatoms. The van der Waals surface area contributed by atoms with Crippen LogP contribution in [0, 0.1) is 5.41 Å². The summed E-state index contributed by atoms with van der Waals surface area (Å²) in [5.74, 6) is 0. The van der Waals surface area contributed by atoms with E-state index in [0.29, 0.717) is 5.41 Å². The lowest BCUT2D eigenvalue weighted by molar-refractivity contribution is 0.378. The third kappa shape index (κ3) is 4.52. The van der Waals surface area contributed by atoms with Crippen molar-refractivity contribution in [3.8, 4) is 0 Å². The van der Waals surface area contributed by atoms with Gasteiger partial charge in [0, 0.05) is 0 Å². The van der Waals surface area contributed by atoms with Crippen LogP contribution < -0.4 is 5.46 Å². The van der Waals surface area contributed by atoms with Gasteiger partial charge in [-0.2, -0.15) is 0 Å². The number of benzene rings is 1. The lowest BCUT2D eigenvalue weighted by Gasteiger charge is -2.18. The molecule has 15 heavy (non-hydrogen) atoms. The van der Waals surface area contributed by atoms with Crippen LogP contribution in [0.15, 0.2) is 24.3 Å². The topological polar surface area (TPSA) is 20.2 Å². The van der Waals surface area contributed by atoms with Crippen molar-refractivity contribution in [3.05, 3.63) is 29.8 Å². The molecule has 0 radical (unpaired) electrons. The van der Waals surface area contributed by atoms with Crippen molar-refractivity contribution in [3.63, 3.8) is 0 Å². The van der Waals surface area contributed by atoms with Crippen molar-refractivity contribution in [2.75, 3.05) is 0 Å². The van der Waals surface area contributed by atoms with Crippen LogP contribution in [-0.4, -0.2) is 11.9 Å². The zero-order valence-electron chi connectivity index (χ0n) is 10.2. The van der Waals surface area contributed by atoms with Gasteiger partial charge < -0.3 is 5.02 Å². The average Bonchev–Trinajstić information content (AvgIpc) is 2.14. The van der Waals surface area contributed by atoms with Crippen LogP contribution in [-0.2, 0) is 6.42 Å². The molecule has 0 aliphatic carbocycles. The summed E-state index contributed by atoms with van der Waals surface area (Å²) in [4.78, 5) is 0. The van der Waals surface area contributed by atoms with E-state index >= 15 is 0 Å². The Bertz CT molecular complexity index is 313. The van der Waals surface area contributed by atoms with Gasteiger partial charge in [-0.1, -0.05) is 51.9 Å². The van der Waals surface area contributed by atoms with Gasteiger partial charge in [-0.25, -0.2) is 0 Å². The van der Waals surface area contributed by atoms with Gasteiger partial charge in [-0.05, 0) is 29.3 Å². The SMILES string of the molecule is CB(O)c1cccc(CCC(C)(C)C)c1. The first-order chi connectivity index (χ1) is 6.88. The Morgan fingerprint density at radius 3 is 2.47 bits per heavy atom. The van der Waals surface area contributed by atoms with Crippen molar-refractivity contribution in [2.24, 2.45) is 5.41 Å². The highest BCUT2D eigenvalue weighted by Crippen LogP contribution is 2.20. The predicted molar refractivity (Wildman–Crippen MR) is 67.7 cm³/mol. The van der Waals surface area contributed by atoms with Crippen LogP contribution >= 0.6 is 0 Å². The second-order valence-electron chi connectivity index (χ2n) is 5.48. The number of aryl methyl sites for hydroxylation is 1. The molecular formula is C13H21BO. The Labute approximate surface area is 93.6 Å². The smallest absolute Gasteiger partial charge is 0.320 e. The summed E-state index contributed by atoms with van der Waals surface area (Å²) in [6.07, 6.45) is 2.26. The molecule has 0 saturated heterocycles. The normalized spacial score (nSPS) is 11.5. The molecule has 1 aromatic rings. The third-order valence-electron chi connectivity index (χ3n) is 2.60. The van der Waals surface area contributed by atoms with Gasteiger partial charge in [-0.15, -0.1) is 0 Å². The average molecular weight is 204 g/mol. The van der Waals surface area contributed by atoms with Crippen molar-refractivity contribution in [1.82, 2.24) is 0 Å². The Hall–Kier alpha value is -0.755. The summed E-state index contributed by atoms with van der Waals surface area (Å²) in [6.45, 7) is 8.21. The summed E-state index contributed by atoms with van der Waals surface area (Å²) in [7, 11) is 0. The monoisotopic (exact) mass is 204 g/mol. The minimum atomic E-state index is -0.361. The van der Waals surface area contributed by atoms with Gasteiger partial charge in [0.25, 0.3) is 0 Å². The molecule has 0 fully saturated rings. The quantitative estimate of drug-likeness (QED) is 0.750. The van der Waals surface area contributed by atoms with E-state index < -0.39 is 0 Å². The lowest BCUT2D eigenvalue weighted by atomic mass is 9.64. The summed E-state index contributed by atoms with van der Waals surface area (Å²) in [6, 6.07) is 8.25. The van der Waals surface area contributed by atoms with E-state index in [2.05, 4.69) is 32.9 Å². The van der Waals surface area contributed by atoms with E-state index in [1.54, 1.807) is 0 Å². The predicted octanol–water partition coefficient (Wildman–Crippen LogP) is 2.49. The molecule has 0 aliphatic heterocycles. The number of rotatable bonds is 3. The van der Waals surface area contributed by atoms with E-state index in [9.17, 15) is 5.02 Å². The molecule has 0 aromatic heterocycles. The van der Waals surface area contributed by atoms with Gasteiger partial charge in [0.15, 0.2) is 0 Å². The summed E-state index contributed by atoms with van der Waals surface area (Å²) in [5.41, 5.74) is 2.71. The van der Waals surface area contributed by atoms with Crippen LogP contribution in [0.2, 0.25) is 6.82 Å². The molecule has 0 saturated carbocycles. The molecule has 0 aliphatic rings. The second kappa shape index (κ2) is 4.85. The Morgan fingerprint density at radius 1 is 1.27 bits per heavy atom. The fraction of sp³-hybridized carbons (Fsp3) is 0.538. The maximum Gasteiger partial charge on any atom is 0.320 e. The van der Waals surface area contributed by atoms with Crippen molar-refractivity contribution in [1.29, 1.82) is 0 Å². The van der Waals surface area contributed by atoms with Gasteiger partial charge in [0.2, 0.25) is 0 Å². The zero-order valence-corrected chi connectivity index (χ0v) is 10.2. The van der Waals surface area contributed by atoms with E-state index in [4.69, 9.17) is 0 Å². The van der Waals surface area contributed by atoms with E-state index in [1.165, 1.54) is 12.0 Å². The van der Waals surface area contributed by atoms with Gasteiger partial charge in [0.05, 0.1) is 0 Å². The Kier molecular flexibility index (Phi) is 3.98. The Morgan fingerprint density at radius 2 is 1.93 bits per heavy atom. The molecule has 0 amide bonds. The highest BCUT2D eigenvalue weighted by atomic mass is 16.2. The molecule has 82 valence electrons. The van der Waals surface area contributed by atoms with Crippen molar-refractivity contribution >= 4 is 12.4 Å². The summed E-state index contributed by atoms with van der Waals surface area (Å²) >= 11 is 0. The first-order valence-corrected chi connectivity index (χ1v) is 5.65. The highest BCUT2D eigenvalue weighted by molar-refractivity contribution is 6.64.